The van der Waals surface area contributed by atoms with Gasteiger partial charge in [-0.2, -0.15) is 0 Å². The lowest BCUT2D eigenvalue weighted by Gasteiger charge is -2.36. The van der Waals surface area contributed by atoms with E-state index in [0.717, 1.165) is 23.7 Å². The fourth-order valence-corrected chi connectivity index (χ4v) is 4.25. The molecule has 2 aliphatic rings. The Morgan fingerprint density at radius 2 is 1.61 bits per heavy atom. The van der Waals surface area contributed by atoms with Gasteiger partial charge < -0.3 is 0 Å². The van der Waals surface area contributed by atoms with Crippen LogP contribution in [0.4, 0.5) is 0 Å². The first kappa shape index (κ1) is 14.4. The van der Waals surface area contributed by atoms with E-state index in [1.165, 1.54) is 77.0 Å². The van der Waals surface area contributed by atoms with Crippen LogP contribution in [0.25, 0.3) is 0 Å². The average Bonchev–Trinajstić information content (AvgIpc) is 2.81. The van der Waals surface area contributed by atoms with Crippen molar-refractivity contribution >= 4 is 0 Å². The maximum absolute atomic E-state index is 2.49. The molecule has 0 heteroatoms. The Kier molecular flexibility index (Phi) is 6.05. The van der Waals surface area contributed by atoms with Gasteiger partial charge in [-0.25, -0.2) is 0 Å². The second-order valence-electron chi connectivity index (χ2n) is 7.27. The van der Waals surface area contributed by atoms with Crippen molar-refractivity contribution < 1.29 is 0 Å². The van der Waals surface area contributed by atoms with Gasteiger partial charge in [-0.15, -0.1) is 0 Å². The standard InChI is InChI=1S/C18H34/c1-3-17-13-14-18(17)12-11-15(2)7-6-10-16-8-4-5-9-16/h15-18H,3-14H2,1-2H3. The molecule has 0 bridgehead atoms. The summed E-state index contributed by atoms with van der Waals surface area (Å²) in [6, 6.07) is 0. The second-order valence-corrected chi connectivity index (χ2v) is 7.27. The predicted molar refractivity (Wildman–Crippen MR) is 80.7 cm³/mol. The topological polar surface area (TPSA) is 0 Å². The minimum atomic E-state index is 0.990. The zero-order valence-electron chi connectivity index (χ0n) is 12.8. The van der Waals surface area contributed by atoms with Crippen LogP contribution in [0.2, 0.25) is 0 Å². The third-order valence-electron chi connectivity index (χ3n) is 5.91. The van der Waals surface area contributed by atoms with Gasteiger partial charge in [0.2, 0.25) is 0 Å². The summed E-state index contributed by atoms with van der Waals surface area (Å²) in [5, 5.41) is 0. The lowest BCUT2D eigenvalue weighted by Crippen LogP contribution is -2.25. The third kappa shape index (κ3) is 4.28. The maximum Gasteiger partial charge on any atom is -0.0386 e. The van der Waals surface area contributed by atoms with E-state index in [1.807, 2.05) is 0 Å². The molecule has 0 heterocycles. The van der Waals surface area contributed by atoms with Crippen LogP contribution in [-0.4, -0.2) is 0 Å². The van der Waals surface area contributed by atoms with Crippen molar-refractivity contribution in [1.29, 1.82) is 0 Å². The summed E-state index contributed by atoms with van der Waals surface area (Å²) in [7, 11) is 0. The van der Waals surface area contributed by atoms with Crippen LogP contribution >= 0.6 is 0 Å². The molecule has 0 saturated heterocycles. The first-order valence-corrected chi connectivity index (χ1v) is 8.79. The van der Waals surface area contributed by atoms with Crippen LogP contribution in [0.5, 0.6) is 0 Å². The highest BCUT2D eigenvalue weighted by Crippen LogP contribution is 2.40. The van der Waals surface area contributed by atoms with Crippen LogP contribution in [0.1, 0.15) is 90.9 Å². The molecule has 2 fully saturated rings. The van der Waals surface area contributed by atoms with E-state index >= 15 is 0 Å². The molecule has 0 amide bonds. The van der Waals surface area contributed by atoms with E-state index < -0.39 is 0 Å². The lowest BCUT2D eigenvalue weighted by molar-refractivity contribution is 0.148. The Bertz CT molecular complexity index is 212. The van der Waals surface area contributed by atoms with Gasteiger partial charge in [0, 0.05) is 0 Å². The van der Waals surface area contributed by atoms with E-state index in [4.69, 9.17) is 0 Å². The highest BCUT2D eigenvalue weighted by molar-refractivity contribution is 4.80. The Labute approximate surface area is 115 Å². The molecule has 2 rings (SSSR count). The molecule has 2 saturated carbocycles. The van der Waals surface area contributed by atoms with E-state index in [0.29, 0.717) is 0 Å². The Morgan fingerprint density at radius 3 is 2.22 bits per heavy atom. The van der Waals surface area contributed by atoms with Crippen LogP contribution in [0.3, 0.4) is 0 Å². The summed E-state index contributed by atoms with van der Waals surface area (Å²) >= 11 is 0. The third-order valence-corrected chi connectivity index (χ3v) is 5.91. The Hall–Kier alpha value is 0. The SMILES string of the molecule is CCC1CCC1CCC(C)CCCC1CCCC1. The van der Waals surface area contributed by atoms with Crippen LogP contribution in [0.15, 0.2) is 0 Å². The van der Waals surface area contributed by atoms with E-state index in [2.05, 4.69) is 13.8 Å². The summed E-state index contributed by atoms with van der Waals surface area (Å²) in [4.78, 5) is 0. The second kappa shape index (κ2) is 7.56. The number of rotatable bonds is 8. The maximum atomic E-state index is 2.49. The van der Waals surface area contributed by atoms with E-state index in [1.54, 1.807) is 0 Å². The molecule has 18 heavy (non-hydrogen) atoms. The van der Waals surface area contributed by atoms with Crippen molar-refractivity contribution in [2.75, 3.05) is 0 Å². The molecule has 0 aliphatic heterocycles. The molecule has 0 aromatic heterocycles. The van der Waals surface area contributed by atoms with Gasteiger partial charge >= 0.3 is 0 Å². The first-order chi connectivity index (χ1) is 8.79. The summed E-state index contributed by atoms with van der Waals surface area (Å²) in [6.45, 7) is 4.87. The molecular formula is C18H34. The summed E-state index contributed by atoms with van der Waals surface area (Å²) in [5.41, 5.74) is 0. The van der Waals surface area contributed by atoms with Crippen molar-refractivity contribution in [2.24, 2.45) is 23.7 Å². The molecule has 3 unspecified atom stereocenters. The van der Waals surface area contributed by atoms with Gasteiger partial charge in [-0.1, -0.05) is 71.6 Å². The number of hydrogen-bond acceptors (Lipinski definition) is 0. The molecular weight excluding hydrogens is 216 g/mol. The smallest absolute Gasteiger partial charge is 0.0386 e. The van der Waals surface area contributed by atoms with Crippen molar-refractivity contribution in [2.45, 2.75) is 90.9 Å². The van der Waals surface area contributed by atoms with Crippen molar-refractivity contribution in [3.05, 3.63) is 0 Å². The molecule has 0 aromatic carbocycles. The quantitative estimate of drug-likeness (QED) is 0.481. The Morgan fingerprint density at radius 1 is 0.889 bits per heavy atom. The van der Waals surface area contributed by atoms with Gasteiger partial charge in [0.25, 0.3) is 0 Å². The van der Waals surface area contributed by atoms with Gasteiger partial charge in [0.15, 0.2) is 0 Å². The largest absolute Gasteiger partial charge is 0.0651 e. The fourth-order valence-electron chi connectivity index (χ4n) is 4.25. The highest BCUT2D eigenvalue weighted by Gasteiger charge is 2.28. The molecule has 0 radical (unpaired) electrons. The minimum Gasteiger partial charge on any atom is -0.0651 e. The van der Waals surface area contributed by atoms with Crippen LogP contribution < -0.4 is 0 Å². The molecule has 0 nitrogen and oxygen atoms in total. The molecule has 3 atom stereocenters. The first-order valence-electron chi connectivity index (χ1n) is 8.79. The highest BCUT2D eigenvalue weighted by atomic mass is 14.3. The predicted octanol–water partition coefficient (Wildman–Crippen LogP) is 6.20. The van der Waals surface area contributed by atoms with Gasteiger partial charge in [-0.05, 0) is 42.9 Å². The molecule has 0 N–H and O–H groups in total. The van der Waals surface area contributed by atoms with Gasteiger partial charge in [0.05, 0.1) is 0 Å². The minimum absolute atomic E-state index is 0.990. The van der Waals surface area contributed by atoms with Crippen LogP contribution in [-0.2, 0) is 0 Å². The van der Waals surface area contributed by atoms with E-state index in [9.17, 15) is 0 Å². The zero-order chi connectivity index (χ0) is 12.8. The van der Waals surface area contributed by atoms with Crippen molar-refractivity contribution in [3.8, 4) is 0 Å². The fraction of sp³-hybridized carbons (Fsp3) is 1.00. The molecule has 0 aromatic rings. The normalized spacial score (nSPS) is 30.3. The van der Waals surface area contributed by atoms with Gasteiger partial charge in [-0.3, -0.25) is 0 Å². The lowest BCUT2D eigenvalue weighted by atomic mass is 9.69. The van der Waals surface area contributed by atoms with Gasteiger partial charge in [0.1, 0.15) is 0 Å². The summed E-state index contributed by atoms with van der Waals surface area (Å²) < 4.78 is 0. The molecule has 0 spiro atoms. The van der Waals surface area contributed by atoms with E-state index in [-0.39, 0.29) is 0 Å². The van der Waals surface area contributed by atoms with Crippen molar-refractivity contribution in [1.82, 2.24) is 0 Å². The summed E-state index contributed by atoms with van der Waals surface area (Å²) in [6.07, 6.45) is 18.2. The Balaban J connectivity index is 1.48. The average molecular weight is 250 g/mol. The summed E-state index contributed by atoms with van der Waals surface area (Å²) in [5.74, 6) is 4.29. The number of hydrogen-bond donors (Lipinski definition) is 0. The molecule has 2 aliphatic carbocycles. The van der Waals surface area contributed by atoms with Crippen molar-refractivity contribution in [3.63, 3.8) is 0 Å². The molecule has 106 valence electrons. The van der Waals surface area contributed by atoms with Crippen LogP contribution in [0, 0.1) is 23.7 Å². The monoisotopic (exact) mass is 250 g/mol. The zero-order valence-corrected chi connectivity index (χ0v) is 12.8.